The van der Waals surface area contributed by atoms with E-state index >= 15 is 0 Å². The van der Waals surface area contributed by atoms with Gasteiger partial charge in [-0.25, -0.2) is 0 Å². The van der Waals surface area contributed by atoms with Gasteiger partial charge in [-0.1, -0.05) is 19.1 Å². The molecule has 0 bridgehead atoms. The lowest BCUT2D eigenvalue weighted by molar-refractivity contribution is 0.902. The van der Waals surface area contributed by atoms with Gasteiger partial charge in [0, 0.05) is 7.05 Å². The molecule has 13 heavy (non-hydrogen) atoms. The summed E-state index contributed by atoms with van der Waals surface area (Å²) in [5, 5.41) is 0. The van der Waals surface area contributed by atoms with Crippen LogP contribution in [0.4, 0.5) is 0 Å². The maximum Gasteiger partial charge on any atom is 0.161 e. The molecule has 0 saturated heterocycles. The van der Waals surface area contributed by atoms with E-state index in [9.17, 15) is 0 Å². The third-order valence-electron chi connectivity index (χ3n) is 2.19. The van der Waals surface area contributed by atoms with Gasteiger partial charge in [-0.3, -0.25) is 0 Å². The van der Waals surface area contributed by atoms with Crippen LogP contribution in [0, 0.1) is 9.87 Å². The summed E-state index contributed by atoms with van der Waals surface area (Å²) in [6.07, 6.45) is 8.73. The molecule has 0 aliphatic heterocycles. The van der Waals surface area contributed by atoms with Crippen LogP contribution in [0.3, 0.4) is 0 Å². The van der Waals surface area contributed by atoms with Crippen molar-refractivity contribution in [3.63, 3.8) is 0 Å². The molecule has 0 saturated carbocycles. The zero-order valence-electron chi connectivity index (χ0n) is 7.65. The summed E-state index contributed by atoms with van der Waals surface area (Å²) in [6, 6.07) is 0. The Balaban J connectivity index is 2.64. The van der Waals surface area contributed by atoms with E-state index < -0.39 is 0 Å². The van der Waals surface area contributed by atoms with Crippen molar-refractivity contribution in [3.8, 4) is 0 Å². The molecule has 1 aromatic heterocycles. The monoisotopic (exact) mass is 209 g/mol. The number of allylic oxidation sites excluding steroid dienone is 2. The molecule has 0 aromatic carbocycles. The molecule has 1 heterocycles. The fraction of sp³-hybridized carbons (Fsp3) is 0.300. The molecule has 0 amide bonds. The Morgan fingerprint density at radius 2 is 2.08 bits per heavy atom. The average Bonchev–Trinajstić information content (AvgIpc) is 2.28. The van der Waals surface area contributed by atoms with Crippen molar-refractivity contribution >= 4 is 35.7 Å². The fourth-order valence-electron chi connectivity index (χ4n) is 1.34. The van der Waals surface area contributed by atoms with Gasteiger partial charge in [0.1, 0.15) is 0 Å². The quantitative estimate of drug-likeness (QED) is 0.592. The normalized spacial score (nSPS) is 20.0. The van der Waals surface area contributed by atoms with Gasteiger partial charge in [0.05, 0.1) is 10.6 Å². The lowest BCUT2D eigenvalue weighted by atomic mass is 10.2. The standard InChI is InChI=1S/C10H11NS2/c1-7-3-5-8-9(6-4-7)13-10(12)11(8)2/h3-7H,1-2H3. The number of aromatic nitrogens is 1. The Hall–Kier alpha value is -0.670. The first-order valence-electron chi connectivity index (χ1n) is 4.24. The summed E-state index contributed by atoms with van der Waals surface area (Å²) in [5.41, 5.74) is 1.23. The molecule has 3 heteroatoms. The van der Waals surface area contributed by atoms with E-state index in [1.165, 1.54) is 10.6 Å². The molecule has 1 unspecified atom stereocenters. The van der Waals surface area contributed by atoms with Crippen LogP contribution in [0.5, 0.6) is 0 Å². The molecule has 0 fully saturated rings. The summed E-state index contributed by atoms with van der Waals surface area (Å²) >= 11 is 6.88. The van der Waals surface area contributed by atoms with Crippen LogP contribution >= 0.6 is 23.6 Å². The lowest BCUT2D eigenvalue weighted by Gasteiger charge is -1.96. The highest BCUT2D eigenvalue weighted by atomic mass is 32.1. The third-order valence-corrected chi connectivity index (χ3v) is 3.73. The van der Waals surface area contributed by atoms with Gasteiger partial charge in [0.15, 0.2) is 3.95 Å². The molecule has 1 aromatic rings. The first kappa shape index (κ1) is 8.91. The zero-order chi connectivity index (χ0) is 9.42. The van der Waals surface area contributed by atoms with E-state index in [4.69, 9.17) is 12.2 Å². The van der Waals surface area contributed by atoms with Crippen molar-refractivity contribution in [2.24, 2.45) is 13.0 Å². The molecular formula is C10H11NS2. The summed E-state index contributed by atoms with van der Waals surface area (Å²) < 4.78 is 3.00. The Morgan fingerprint density at radius 3 is 2.85 bits per heavy atom. The van der Waals surface area contributed by atoms with Crippen molar-refractivity contribution in [2.75, 3.05) is 0 Å². The van der Waals surface area contributed by atoms with E-state index in [0.717, 1.165) is 3.95 Å². The van der Waals surface area contributed by atoms with Gasteiger partial charge in [0.2, 0.25) is 0 Å². The van der Waals surface area contributed by atoms with E-state index in [2.05, 4.69) is 35.8 Å². The van der Waals surface area contributed by atoms with Gasteiger partial charge in [-0.2, -0.15) is 0 Å². The minimum Gasteiger partial charge on any atom is -0.326 e. The van der Waals surface area contributed by atoms with Gasteiger partial charge in [-0.15, -0.1) is 11.3 Å². The molecule has 0 N–H and O–H groups in total. The molecule has 68 valence electrons. The fourth-order valence-corrected chi connectivity index (χ4v) is 2.59. The SMILES string of the molecule is CC1C=Cc2sc(=S)n(C)c2C=C1. The molecule has 2 rings (SSSR count). The second kappa shape index (κ2) is 3.24. The summed E-state index contributed by atoms with van der Waals surface area (Å²) in [5.74, 6) is 0.521. The minimum atomic E-state index is 0.521. The molecule has 0 spiro atoms. The number of fused-ring (bicyclic) bond motifs is 1. The minimum absolute atomic E-state index is 0.521. The van der Waals surface area contributed by atoms with Gasteiger partial charge in [0.25, 0.3) is 0 Å². The first-order chi connectivity index (χ1) is 6.18. The molecule has 1 atom stereocenters. The van der Waals surface area contributed by atoms with Gasteiger partial charge >= 0.3 is 0 Å². The highest BCUT2D eigenvalue weighted by molar-refractivity contribution is 7.73. The summed E-state index contributed by atoms with van der Waals surface area (Å²) in [4.78, 5) is 1.27. The predicted octanol–water partition coefficient (Wildman–Crippen LogP) is 3.49. The highest BCUT2D eigenvalue weighted by Gasteiger charge is 2.07. The molecule has 1 nitrogen and oxygen atoms in total. The average molecular weight is 209 g/mol. The van der Waals surface area contributed by atoms with E-state index in [1.807, 2.05) is 7.05 Å². The first-order valence-corrected chi connectivity index (χ1v) is 5.47. The second-order valence-corrected chi connectivity index (χ2v) is 4.93. The third kappa shape index (κ3) is 1.54. The van der Waals surface area contributed by atoms with Crippen molar-refractivity contribution in [3.05, 3.63) is 26.7 Å². The van der Waals surface area contributed by atoms with E-state index in [1.54, 1.807) is 11.3 Å². The maximum atomic E-state index is 5.21. The summed E-state index contributed by atoms with van der Waals surface area (Å²) in [6.45, 7) is 2.18. The number of thiazole rings is 1. The number of hydrogen-bond acceptors (Lipinski definition) is 2. The van der Waals surface area contributed by atoms with E-state index in [0.29, 0.717) is 5.92 Å². The number of nitrogens with zero attached hydrogens (tertiary/aromatic N) is 1. The van der Waals surface area contributed by atoms with Crippen LogP contribution in [0.2, 0.25) is 0 Å². The summed E-state index contributed by atoms with van der Waals surface area (Å²) in [7, 11) is 2.02. The number of hydrogen-bond donors (Lipinski definition) is 0. The molecule has 1 aliphatic rings. The van der Waals surface area contributed by atoms with Crippen molar-refractivity contribution in [2.45, 2.75) is 6.92 Å². The van der Waals surface area contributed by atoms with Gasteiger partial charge < -0.3 is 4.57 Å². The largest absolute Gasteiger partial charge is 0.326 e. The Kier molecular flexibility index (Phi) is 2.22. The second-order valence-electron chi connectivity index (χ2n) is 3.25. The van der Waals surface area contributed by atoms with Crippen molar-refractivity contribution in [1.82, 2.24) is 4.57 Å². The topological polar surface area (TPSA) is 4.93 Å². The van der Waals surface area contributed by atoms with Crippen LogP contribution in [0.1, 0.15) is 17.5 Å². The van der Waals surface area contributed by atoms with Crippen LogP contribution in [0.15, 0.2) is 12.2 Å². The molecular weight excluding hydrogens is 198 g/mol. The smallest absolute Gasteiger partial charge is 0.161 e. The van der Waals surface area contributed by atoms with Crippen LogP contribution in [-0.2, 0) is 7.05 Å². The highest BCUT2D eigenvalue weighted by Crippen LogP contribution is 2.25. The van der Waals surface area contributed by atoms with Crippen LogP contribution < -0.4 is 0 Å². The zero-order valence-corrected chi connectivity index (χ0v) is 9.28. The Morgan fingerprint density at radius 1 is 1.38 bits per heavy atom. The lowest BCUT2D eigenvalue weighted by Crippen LogP contribution is -1.90. The van der Waals surface area contributed by atoms with Crippen LogP contribution in [-0.4, -0.2) is 4.57 Å². The van der Waals surface area contributed by atoms with Gasteiger partial charge in [-0.05, 0) is 30.3 Å². The maximum absolute atomic E-state index is 5.21. The molecule has 1 aliphatic carbocycles. The van der Waals surface area contributed by atoms with Crippen molar-refractivity contribution < 1.29 is 0 Å². The predicted molar refractivity (Wildman–Crippen MR) is 61.4 cm³/mol. The Labute approximate surface area is 87.0 Å². The van der Waals surface area contributed by atoms with Crippen molar-refractivity contribution in [1.29, 1.82) is 0 Å². The Bertz CT molecular complexity index is 434. The number of rotatable bonds is 0. The molecule has 0 radical (unpaired) electrons. The van der Waals surface area contributed by atoms with Crippen LogP contribution in [0.25, 0.3) is 12.2 Å². The van der Waals surface area contributed by atoms with E-state index in [-0.39, 0.29) is 0 Å².